The van der Waals surface area contributed by atoms with Gasteiger partial charge >= 0.3 is 0 Å². The molecule has 0 saturated carbocycles. The maximum absolute atomic E-state index is 16.6. The molecule has 5 aromatic rings. The summed E-state index contributed by atoms with van der Waals surface area (Å²) in [6.45, 7) is 4.86. The number of nitrogens with one attached hydrogen (secondary N) is 2. The molecular weight excluding hydrogens is 746 g/mol. The van der Waals surface area contributed by atoms with Crippen LogP contribution in [-0.4, -0.2) is 64.8 Å². The summed E-state index contributed by atoms with van der Waals surface area (Å²) in [4.78, 5) is 60.2. The van der Waals surface area contributed by atoms with Crippen LogP contribution in [-0.2, 0) is 50.7 Å². The molecule has 57 heavy (non-hydrogen) atoms. The van der Waals surface area contributed by atoms with E-state index in [1.54, 1.807) is 30.0 Å². The molecule has 4 heterocycles. The first-order valence-corrected chi connectivity index (χ1v) is 22.1. The second kappa shape index (κ2) is 14.7. The molecule has 3 N–H and O–H groups in total. The summed E-state index contributed by atoms with van der Waals surface area (Å²) in [5, 5.41) is 26.3. The Balaban J connectivity index is 1.08. The van der Waals surface area contributed by atoms with E-state index in [2.05, 4.69) is 10.3 Å². The second-order valence-electron chi connectivity index (χ2n) is 15.9. The molecular formula is C43H44FN5O7Si. The number of H-pyrrole nitrogens is 1. The van der Waals surface area contributed by atoms with Crippen LogP contribution in [0.5, 0.6) is 0 Å². The summed E-state index contributed by atoms with van der Waals surface area (Å²) in [6.07, 6.45) is 1.19. The predicted molar refractivity (Wildman–Crippen MR) is 216 cm³/mol. The first-order valence-electron chi connectivity index (χ1n) is 19.2. The monoisotopic (exact) mass is 789 g/mol. The molecule has 4 aromatic carbocycles. The summed E-state index contributed by atoms with van der Waals surface area (Å²) >= 11 is 0. The molecule has 1 spiro atoms. The van der Waals surface area contributed by atoms with Crippen molar-refractivity contribution in [2.24, 2.45) is 5.92 Å². The third-order valence-electron chi connectivity index (χ3n) is 12.0. The number of benzene rings is 4. The maximum atomic E-state index is 16.6. The van der Waals surface area contributed by atoms with Crippen LogP contribution in [0.1, 0.15) is 41.2 Å². The Labute approximate surface area is 330 Å². The van der Waals surface area contributed by atoms with Crippen LogP contribution >= 0.6 is 0 Å². The van der Waals surface area contributed by atoms with Gasteiger partial charge < -0.3 is 34.1 Å². The smallest absolute Gasteiger partial charge is 0.269 e. The topological polar surface area (TPSA) is 158 Å². The Kier molecular flexibility index (Phi) is 9.82. The summed E-state index contributed by atoms with van der Waals surface area (Å²) in [6, 6.07) is 26.3. The minimum atomic E-state index is -3.68. The number of aliphatic hydroxyl groups excluding tert-OH is 1. The predicted octanol–water partition coefficient (Wildman–Crippen LogP) is 6.92. The number of ether oxygens (including phenoxy) is 1. The normalized spacial score (nSPS) is 22.9. The molecule has 3 aliphatic rings. The largest absolute Gasteiger partial charge is 0.394 e. The Bertz CT molecular complexity index is 2410. The van der Waals surface area contributed by atoms with Gasteiger partial charge in [0.05, 0.1) is 48.7 Å². The number of carbonyl (C=O) groups is 3. The lowest BCUT2D eigenvalue weighted by Crippen LogP contribution is -2.48. The highest BCUT2D eigenvalue weighted by molar-refractivity contribution is 6.72. The zero-order chi connectivity index (χ0) is 40.2. The lowest BCUT2D eigenvalue weighted by molar-refractivity contribution is -0.385. The second-order valence-corrected chi connectivity index (χ2v) is 19.7. The summed E-state index contributed by atoms with van der Waals surface area (Å²) in [7, 11) is -3.68. The Morgan fingerprint density at radius 1 is 1.05 bits per heavy atom. The lowest BCUT2D eigenvalue weighted by atomic mass is 9.82. The minimum absolute atomic E-state index is 0.0315. The Hall–Kier alpha value is -5.70. The number of para-hydroxylation sites is 1. The van der Waals surface area contributed by atoms with E-state index in [9.17, 15) is 29.6 Å². The molecule has 0 unspecified atom stereocenters. The number of nitrogens with zero attached hydrogens (tertiary/aromatic N) is 3. The molecule has 8 rings (SSSR count). The summed E-state index contributed by atoms with van der Waals surface area (Å²) in [5.74, 6) is -1.84. The number of rotatable bonds is 10. The van der Waals surface area contributed by atoms with Crippen molar-refractivity contribution < 1.29 is 33.3 Å². The van der Waals surface area contributed by atoms with Crippen molar-refractivity contribution in [2.75, 3.05) is 16.8 Å². The number of carbonyl (C=O) groups excluding carboxylic acids is 3. The van der Waals surface area contributed by atoms with Gasteiger partial charge in [-0.3, -0.25) is 24.5 Å². The van der Waals surface area contributed by atoms with E-state index >= 15 is 4.11 Å². The fraction of sp³-hybridized carbons (Fsp3) is 0.326. The van der Waals surface area contributed by atoms with E-state index in [0.29, 0.717) is 23.4 Å². The maximum Gasteiger partial charge on any atom is 0.269 e. The van der Waals surface area contributed by atoms with Crippen LogP contribution in [0, 0.1) is 16.0 Å². The van der Waals surface area contributed by atoms with Crippen molar-refractivity contribution in [3.05, 3.63) is 135 Å². The van der Waals surface area contributed by atoms with E-state index in [0.717, 1.165) is 27.6 Å². The Morgan fingerprint density at radius 3 is 2.56 bits per heavy atom. The molecule has 14 heteroatoms. The lowest BCUT2D eigenvalue weighted by Gasteiger charge is -2.37. The fourth-order valence-electron chi connectivity index (χ4n) is 9.42. The van der Waals surface area contributed by atoms with Gasteiger partial charge in [-0.2, -0.15) is 0 Å². The van der Waals surface area contributed by atoms with E-state index in [1.165, 1.54) is 36.2 Å². The van der Waals surface area contributed by atoms with Gasteiger partial charge in [0.15, 0.2) is 5.60 Å². The number of halogens is 1. The molecule has 5 atom stereocenters. The van der Waals surface area contributed by atoms with Crippen molar-refractivity contribution >= 4 is 54.1 Å². The average molecular weight is 790 g/mol. The summed E-state index contributed by atoms with van der Waals surface area (Å²) in [5.41, 5.74) is 2.79. The number of anilines is 2. The van der Waals surface area contributed by atoms with Gasteiger partial charge in [-0.25, -0.2) is 0 Å². The highest BCUT2D eigenvalue weighted by Crippen LogP contribution is 2.61. The number of aliphatic hydroxyl groups is 1. The highest BCUT2D eigenvalue weighted by atomic mass is 28.4. The molecule has 1 fully saturated rings. The number of fused-ring (bicyclic) bond motifs is 4. The van der Waals surface area contributed by atoms with Crippen LogP contribution in [0.4, 0.5) is 21.2 Å². The molecule has 3 amide bonds. The molecule has 0 aliphatic carbocycles. The van der Waals surface area contributed by atoms with Gasteiger partial charge in [0, 0.05) is 58.5 Å². The van der Waals surface area contributed by atoms with E-state index in [-0.39, 0.29) is 55.6 Å². The third-order valence-corrected chi connectivity index (χ3v) is 14.5. The zero-order valence-electron chi connectivity index (χ0n) is 31.9. The first-order chi connectivity index (χ1) is 27.3. The SMILES string of the molecule is C[C@@H]1[C@@H]([Si](C)(C)F)[C@H](CC(=O)N2Cc3ccccc3C[C@H]2CO)O[C@@]12C(=O)N(Cc1cccc(NC(=O)Cc3c[nH]c4ccccc34)c1)c1ccc([N+](=O)[O-])cc12. The number of non-ortho nitro benzene ring substituents is 1. The molecule has 0 bridgehead atoms. The number of aromatic nitrogens is 1. The van der Waals surface area contributed by atoms with Gasteiger partial charge in [0.2, 0.25) is 20.2 Å². The zero-order valence-corrected chi connectivity index (χ0v) is 32.9. The van der Waals surface area contributed by atoms with Crippen molar-refractivity contribution in [1.82, 2.24) is 9.88 Å². The average Bonchev–Trinajstić information content (AvgIpc) is 3.80. The molecule has 0 radical (unpaired) electrons. The molecule has 3 aliphatic heterocycles. The quantitative estimate of drug-likeness (QED) is 0.0600. The van der Waals surface area contributed by atoms with Gasteiger partial charge in [0.1, 0.15) is 0 Å². The number of amides is 3. The number of hydrogen-bond acceptors (Lipinski definition) is 7. The van der Waals surface area contributed by atoms with Crippen LogP contribution in [0.25, 0.3) is 10.9 Å². The first kappa shape index (κ1) is 38.2. The van der Waals surface area contributed by atoms with Crippen LogP contribution < -0.4 is 10.2 Å². The number of aromatic amines is 1. The van der Waals surface area contributed by atoms with Crippen molar-refractivity contribution in [3.8, 4) is 0 Å². The highest BCUT2D eigenvalue weighted by Gasteiger charge is 2.67. The van der Waals surface area contributed by atoms with Crippen LogP contribution in [0.2, 0.25) is 18.6 Å². The van der Waals surface area contributed by atoms with E-state index in [1.807, 2.05) is 60.8 Å². The molecule has 1 saturated heterocycles. The number of hydrogen-bond donors (Lipinski definition) is 3. The molecule has 294 valence electrons. The molecule has 1 aromatic heterocycles. The van der Waals surface area contributed by atoms with Crippen LogP contribution in [0.15, 0.2) is 97.2 Å². The number of nitro benzene ring substituents is 1. The minimum Gasteiger partial charge on any atom is -0.394 e. The van der Waals surface area contributed by atoms with Gasteiger partial charge in [-0.1, -0.05) is 61.5 Å². The van der Waals surface area contributed by atoms with Gasteiger partial charge in [0.25, 0.3) is 11.6 Å². The van der Waals surface area contributed by atoms with Crippen molar-refractivity contribution in [1.29, 1.82) is 0 Å². The van der Waals surface area contributed by atoms with Crippen molar-refractivity contribution in [2.45, 2.75) is 75.7 Å². The Morgan fingerprint density at radius 2 is 1.81 bits per heavy atom. The summed E-state index contributed by atoms with van der Waals surface area (Å²) < 4.78 is 23.4. The van der Waals surface area contributed by atoms with Gasteiger partial charge in [-0.15, -0.1) is 0 Å². The molecule has 12 nitrogen and oxygen atoms in total. The van der Waals surface area contributed by atoms with Gasteiger partial charge in [-0.05, 0) is 66.0 Å². The van der Waals surface area contributed by atoms with E-state index < -0.39 is 48.4 Å². The number of nitro groups is 1. The van der Waals surface area contributed by atoms with Crippen molar-refractivity contribution in [3.63, 3.8) is 0 Å². The van der Waals surface area contributed by atoms with E-state index in [4.69, 9.17) is 4.74 Å². The third kappa shape index (κ3) is 6.81. The standard InChI is InChI=1S/C43H44FN5O7Si/c1-26-41(57(2,3)44)38(21-40(52)47-24-29-11-5-4-10-28(29)18-33(47)25-50)56-43(26)35-20-32(49(54)55)15-16-37(35)48(42(43)53)23-27-9-8-12-31(17-27)46-39(51)19-30-22-45-36-14-7-6-13-34(30)36/h4-17,20,22,26,33,38,41,45,50H,18-19,21,23-25H2,1-3H3,(H,46,51)/t26-,33+,38+,41-,43+/m1/s1. The fourth-order valence-corrected chi connectivity index (χ4v) is 11.9. The van der Waals surface area contributed by atoms with Crippen LogP contribution in [0.3, 0.4) is 0 Å².